The number of hydrogen-bond donors (Lipinski definition) is 0. The molecule has 5 nitrogen and oxygen atoms in total. The molecule has 0 spiro atoms. The predicted molar refractivity (Wildman–Crippen MR) is 96.3 cm³/mol. The van der Waals surface area contributed by atoms with Gasteiger partial charge in [-0.05, 0) is 33.1 Å². The summed E-state index contributed by atoms with van der Waals surface area (Å²) in [6, 6.07) is 11.9. The van der Waals surface area contributed by atoms with E-state index < -0.39 is 0 Å². The molecule has 4 rings (SSSR count). The minimum Gasteiger partial charge on any atom is -0.472 e. The fourth-order valence-corrected chi connectivity index (χ4v) is 3.57. The maximum Gasteiger partial charge on any atom is 0.252 e. The van der Waals surface area contributed by atoms with E-state index in [9.17, 15) is 4.79 Å². The second-order valence-corrected chi connectivity index (χ2v) is 7.32. The number of rotatable bonds is 3. The van der Waals surface area contributed by atoms with Crippen molar-refractivity contribution >= 4 is 21.8 Å². The maximum atomic E-state index is 12.8. The zero-order valence-corrected chi connectivity index (χ0v) is 15.3. The van der Waals surface area contributed by atoms with Crippen molar-refractivity contribution < 1.29 is 14.3 Å². The lowest BCUT2D eigenvalue weighted by atomic mass is 9.98. The van der Waals surface area contributed by atoms with Crippen LogP contribution in [0.1, 0.15) is 17.5 Å². The van der Waals surface area contributed by atoms with E-state index >= 15 is 0 Å². The lowest BCUT2D eigenvalue weighted by Crippen LogP contribution is -2.42. The maximum absolute atomic E-state index is 12.8. The number of fused-ring (bicyclic) bond motifs is 1. The predicted octanol–water partition coefficient (Wildman–Crippen LogP) is 2.97. The molecule has 1 aromatic heterocycles. The van der Waals surface area contributed by atoms with Crippen molar-refractivity contribution in [2.75, 3.05) is 13.1 Å². The molecule has 3 heterocycles. The van der Waals surface area contributed by atoms with E-state index in [2.05, 4.69) is 33.0 Å². The SMILES string of the molecule is O=C(C1Cc2ccccc2CO1)N1CCC(Oc2ccc(Br)cn2)C1. The molecule has 0 aliphatic carbocycles. The first-order valence-corrected chi connectivity index (χ1v) is 9.24. The number of carbonyl (C=O) groups is 1. The Morgan fingerprint density at radius 3 is 2.88 bits per heavy atom. The van der Waals surface area contributed by atoms with Crippen molar-refractivity contribution in [3.63, 3.8) is 0 Å². The Kier molecular flexibility index (Phi) is 4.72. The molecule has 25 heavy (non-hydrogen) atoms. The largest absolute Gasteiger partial charge is 0.472 e. The highest BCUT2D eigenvalue weighted by Crippen LogP contribution is 2.24. The topological polar surface area (TPSA) is 51.7 Å². The van der Waals surface area contributed by atoms with Crippen LogP contribution in [-0.2, 0) is 22.6 Å². The number of halogens is 1. The smallest absolute Gasteiger partial charge is 0.252 e. The Labute approximate surface area is 155 Å². The van der Waals surface area contributed by atoms with Gasteiger partial charge in [0.05, 0.1) is 13.2 Å². The van der Waals surface area contributed by atoms with Crippen LogP contribution >= 0.6 is 15.9 Å². The lowest BCUT2D eigenvalue weighted by molar-refractivity contribution is -0.144. The molecule has 2 aliphatic rings. The van der Waals surface area contributed by atoms with Gasteiger partial charge >= 0.3 is 0 Å². The summed E-state index contributed by atoms with van der Waals surface area (Å²) >= 11 is 3.36. The number of pyridine rings is 1. The van der Waals surface area contributed by atoms with Crippen LogP contribution in [-0.4, -0.2) is 41.1 Å². The number of ether oxygens (including phenoxy) is 2. The van der Waals surface area contributed by atoms with E-state index in [1.807, 2.05) is 29.2 Å². The number of aromatic nitrogens is 1. The third-order valence-electron chi connectivity index (χ3n) is 4.68. The molecule has 0 saturated carbocycles. The monoisotopic (exact) mass is 402 g/mol. The average molecular weight is 403 g/mol. The molecular formula is C19H19BrN2O3. The van der Waals surface area contributed by atoms with Gasteiger partial charge in [-0.2, -0.15) is 0 Å². The van der Waals surface area contributed by atoms with E-state index in [0.717, 1.165) is 10.9 Å². The van der Waals surface area contributed by atoms with E-state index in [4.69, 9.17) is 9.47 Å². The lowest BCUT2D eigenvalue weighted by Gasteiger charge is -2.28. The second-order valence-electron chi connectivity index (χ2n) is 6.40. The van der Waals surface area contributed by atoms with Crippen molar-refractivity contribution in [1.82, 2.24) is 9.88 Å². The van der Waals surface area contributed by atoms with Crippen LogP contribution < -0.4 is 4.74 Å². The third-order valence-corrected chi connectivity index (χ3v) is 5.15. The van der Waals surface area contributed by atoms with Crippen LogP contribution in [0.4, 0.5) is 0 Å². The van der Waals surface area contributed by atoms with Crippen molar-refractivity contribution in [2.24, 2.45) is 0 Å². The summed E-state index contributed by atoms with van der Waals surface area (Å²) in [4.78, 5) is 18.9. The molecule has 2 unspecified atom stereocenters. The second kappa shape index (κ2) is 7.14. The van der Waals surface area contributed by atoms with Crippen molar-refractivity contribution in [1.29, 1.82) is 0 Å². The first-order valence-electron chi connectivity index (χ1n) is 8.44. The highest BCUT2D eigenvalue weighted by atomic mass is 79.9. The van der Waals surface area contributed by atoms with Gasteiger partial charge in [0, 0.05) is 36.1 Å². The first-order chi connectivity index (χ1) is 12.2. The summed E-state index contributed by atoms with van der Waals surface area (Å²) < 4.78 is 12.6. The minimum absolute atomic E-state index is 0.0199. The summed E-state index contributed by atoms with van der Waals surface area (Å²) in [5.41, 5.74) is 2.38. The van der Waals surface area contributed by atoms with Gasteiger partial charge in [0.25, 0.3) is 5.91 Å². The van der Waals surface area contributed by atoms with E-state index in [1.54, 1.807) is 6.20 Å². The van der Waals surface area contributed by atoms with Gasteiger partial charge in [0.1, 0.15) is 12.2 Å². The first kappa shape index (κ1) is 16.5. The van der Waals surface area contributed by atoms with Gasteiger partial charge in [0.2, 0.25) is 5.88 Å². The van der Waals surface area contributed by atoms with Crippen molar-refractivity contribution in [3.05, 3.63) is 58.2 Å². The third kappa shape index (κ3) is 3.70. The summed E-state index contributed by atoms with van der Waals surface area (Å²) in [5, 5.41) is 0. The average Bonchev–Trinajstić information content (AvgIpc) is 3.11. The minimum atomic E-state index is -0.389. The molecule has 1 saturated heterocycles. The number of likely N-dealkylation sites (tertiary alicyclic amines) is 1. The normalized spacial score (nSPS) is 22.5. The molecule has 130 valence electrons. The number of amides is 1. The standard InChI is InChI=1S/C19H19BrN2O3/c20-15-5-6-18(21-10-15)25-16-7-8-22(11-16)19(23)17-9-13-3-1-2-4-14(13)12-24-17/h1-6,10,16-17H,7-9,11-12H2. The van der Waals surface area contributed by atoms with E-state index in [-0.39, 0.29) is 18.1 Å². The van der Waals surface area contributed by atoms with Crippen LogP contribution in [0.25, 0.3) is 0 Å². The molecule has 1 amide bonds. The van der Waals surface area contributed by atoms with Gasteiger partial charge in [-0.25, -0.2) is 4.98 Å². The molecule has 0 N–H and O–H groups in total. The van der Waals surface area contributed by atoms with Gasteiger partial charge in [-0.15, -0.1) is 0 Å². The van der Waals surface area contributed by atoms with Crippen molar-refractivity contribution in [3.8, 4) is 5.88 Å². The molecule has 2 aromatic rings. The fraction of sp³-hybridized carbons (Fsp3) is 0.368. The zero-order chi connectivity index (χ0) is 17.2. The summed E-state index contributed by atoms with van der Waals surface area (Å²) in [6.45, 7) is 1.78. The molecule has 6 heteroatoms. The van der Waals surface area contributed by atoms with Crippen molar-refractivity contribution in [2.45, 2.75) is 31.7 Å². The van der Waals surface area contributed by atoms with Crippen LogP contribution in [0.5, 0.6) is 5.88 Å². The molecule has 2 atom stereocenters. The molecule has 2 aliphatic heterocycles. The number of carbonyl (C=O) groups excluding carboxylic acids is 1. The van der Waals surface area contributed by atoms with E-state index in [1.165, 1.54) is 11.1 Å². The quantitative estimate of drug-likeness (QED) is 0.791. The van der Waals surface area contributed by atoms with Gasteiger partial charge < -0.3 is 14.4 Å². The summed E-state index contributed by atoms with van der Waals surface area (Å²) in [7, 11) is 0. The fourth-order valence-electron chi connectivity index (χ4n) is 3.34. The molecular weight excluding hydrogens is 384 g/mol. The zero-order valence-electron chi connectivity index (χ0n) is 13.7. The van der Waals surface area contributed by atoms with Crippen LogP contribution in [0, 0.1) is 0 Å². The Balaban J connectivity index is 1.35. The van der Waals surface area contributed by atoms with Gasteiger partial charge in [-0.3, -0.25) is 4.79 Å². The molecule has 0 bridgehead atoms. The van der Waals surface area contributed by atoms with Gasteiger partial charge in [0.15, 0.2) is 0 Å². The van der Waals surface area contributed by atoms with Crippen LogP contribution in [0.3, 0.4) is 0 Å². The Morgan fingerprint density at radius 1 is 1.24 bits per heavy atom. The van der Waals surface area contributed by atoms with E-state index in [0.29, 0.717) is 32.0 Å². The molecule has 1 fully saturated rings. The number of nitrogens with zero attached hydrogens (tertiary/aromatic N) is 2. The molecule has 1 aromatic carbocycles. The highest BCUT2D eigenvalue weighted by Gasteiger charge is 2.34. The highest BCUT2D eigenvalue weighted by molar-refractivity contribution is 9.10. The van der Waals surface area contributed by atoms with Gasteiger partial charge in [-0.1, -0.05) is 24.3 Å². The van der Waals surface area contributed by atoms with Crippen LogP contribution in [0.2, 0.25) is 0 Å². The summed E-state index contributed by atoms with van der Waals surface area (Å²) in [6.07, 6.45) is 2.76. The van der Waals surface area contributed by atoms with Crippen LogP contribution in [0.15, 0.2) is 47.1 Å². The number of hydrogen-bond acceptors (Lipinski definition) is 4. The molecule has 0 radical (unpaired) electrons. The Hall–Kier alpha value is -1.92. The number of benzene rings is 1. The summed E-state index contributed by atoms with van der Waals surface area (Å²) in [5.74, 6) is 0.648. The Bertz CT molecular complexity index is 766. The Morgan fingerprint density at radius 2 is 2.08 bits per heavy atom.